The Morgan fingerprint density at radius 2 is 2.06 bits per heavy atom. The minimum absolute atomic E-state index is 0.00605. The Balaban J connectivity index is 2.42. The van der Waals surface area contributed by atoms with Gasteiger partial charge in [-0.1, -0.05) is 26.0 Å². The van der Waals surface area contributed by atoms with Crippen LogP contribution in [0.25, 0.3) is 0 Å². The molecule has 0 bridgehead atoms. The van der Waals surface area contributed by atoms with Gasteiger partial charge in [0.15, 0.2) is 0 Å². The number of aliphatic hydroxyl groups is 1. The second-order valence-electron chi connectivity index (χ2n) is 4.81. The summed E-state index contributed by atoms with van der Waals surface area (Å²) >= 11 is 0. The molecule has 0 spiro atoms. The lowest BCUT2D eigenvalue weighted by atomic mass is 10.1. The number of aliphatic hydroxyl groups excluding tert-OH is 1. The van der Waals surface area contributed by atoms with Crippen molar-refractivity contribution in [3.05, 3.63) is 29.8 Å². The number of nitrogens with one attached hydrogen (secondary N) is 2. The van der Waals surface area contributed by atoms with Crippen molar-refractivity contribution in [2.45, 2.75) is 33.4 Å². The standard InChI is InChI=1S/C14H22N2O2/c1-10(2)11(3)16-14(18)8-15-13-6-4-5-12(7-13)9-17/h4-7,10-11,15,17H,8-9H2,1-3H3,(H,16,18). The third-order valence-corrected chi connectivity index (χ3v) is 2.95. The van der Waals surface area contributed by atoms with Gasteiger partial charge >= 0.3 is 0 Å². The maximum Gasteiger partial charge on any atom is 0.239 e. The van der Waals surface area contributed by atoms with Crippen molar-refractivity contribution in [3.8, 4) is 0 Å². The number of carbonyl (C=O) groups excluding carboxylic acids is 1. The van der Waals surface area contributed by atoms with Crippen LogP contribution in [0.2, 0.25) is 0 Å². The van der Waals surface area contributed by atoms with E-state index < -0.39 is 0 Å². The Kier molecular flexibility index (Phi) is 5.65. The predicted octanol–water partition coefficient (Wildman–Crippen LogP) is 1.75. The molecule has 0 aliphatic heterocycles. The minimum Gasteiger partial charge on any atom is -0.392 e. The van der Waals surface area contributed by atoms with E-state index in [0.717, 1.165) is 11.3 Å². The highest BCUT2D eigenvalue weighted by atomic mass is 16.3. The first-order valence-electron chi connectivity index (χ1n) is 6.26. The summed E-state index contributed by atoms with van der Waals surface area (Å²) in [6.45, 7) is 6.39. The Labute approximate surface area is 108 Å². The van der Waals surface area contributed by atoms with E-state index in [1.807, 2.05) is 31.2 Å². The number of amides is 1. The van der Waals surface area contributed by atoms with Gasteiger partial charge in [-0.05, 0) is 30.5 Å². The Hall–Kier alpha value is -1.55. The van der Waals surface area contributed by atoms with E-state index in [9.17, 15) is 4.79 Å². The lowest BCUT2D eigenvalue weighted by molar-refractivity contribution is -0.120. The van der Waals surface area contributed by atoms with Crippen LogP contribution in [0.4, 0.5) is 5.69 Å². The van der Waals surface area contributed by atoms with E-state index in [2.05, 4.69) is 24.5 Å². The predicted molar refractivity (Wildman–Crippen MR) is 73.3 cm³/mol. The van der Waals surface area contributed by atoms with Gasteiger partial charge in [-0.15, -0.1) is 0 Å². The summed E-state index contributed by atoms with van der Waals surface area (Å²) in [4.78, 5) is 11.7. The Morgan fingerprint density at radius 3 is 2.67 bits per heavy atom. The van der Waals surface area contributed by atoms with Crippen LogP contribution >= 0.6 is 0 Å². The van der Waals surface area contributed by atoms with Gasteiger partial charge < -0.3 is 15.7 Å². The minimum atomic E-state index is -0.0226. The van der Waals surface area contributed by atoms with Gasteiger partial charge in [0, 0.05) is 11.7 Å². The van der Waals surface area contributed by atoms with Crippen molar-refractivity contribution in [2.75, 3.05) is 11.9 Å². The normalized spacial score (nSPS) is 12.3. The average Bonchev–Trinajstić information content (AvgIpc) is 2.36. The molecule has 0 aromatic heterocycles. The summed E-state index contributed by atoms with van der Waals surface area (Å²) in [6.07, 6.45) is 0. The zero-order chi connectivity index (χ0) is 13.5. The molecule has 1 aromatic rings. The maximum absolute atomic E-state index is 11.7. The molecule has 3 N–H and O–H groups in total. The molecule has 0 fully saturated rings. The lowest BCUT2D eigenvalue weighted by Gasteiger charge is -2.17. The summed E-state index contributed by atoms with van der Waals surface area (Å²) in [7, 11) is 0. The largest absolute Gasteiger partial charge is 0.392 e. The summed E-state index contributed by atoms with van der Waals surface area (Å²) in [5, 5.41) is 15.0. The molecule has 0 aliphatic rings. The molecule has 1 amide bonds. The van der Waals surface area contributed by atoms with Gasteiger partial charge in [0.25, 0.3) is 0 Å². The third-order valence-electron chi connectivity index (χ3n) is 2.95. The fourth-order valence-electron chi connectivity index (χ4n) is 1.43. The number of hydrogen-bond acceptors (Lipinski definition) is 3. The van der Waals surface area contributed by atoms with E-state index in [1.54, 1.807) is 0 Å². The number of benzene rings is 1. The monoisotopic (exact) mass is 250 g/mol. The molecule has 100 valence electrons. The van der Waals surface area contributed by atoms with E-state index in [1.165, 1.54) is 0 Å². The molecule has 0 heterocycles. The van der Waals surface area contributed by atoms with Crippen molar-refractivity contribution in [2.24, 2.45) is 5.92 Å². The molecule has 0 saturated carbocycles. The van der Waals surface area contributed by atoms with Crippen LogP contribution in [0.15, 0.2) is 24.3 Å². The van der Waals surface area contributed by atoms with E-state index in [-0.39, 0.29) is 25.1 Å². The van der Waals surface area contributed by atoms with E-state index >= 15 is 0 Å². The summed E-state index contributed by atoms with van der Waals surface area (Å²) in [5.41, 5.74) is 1.67. The zero-order valence-corrected chi connectivity index (χ0v) is 11.2. The summed E-state index contributed by atoms with van der Waals surface area (Å²) in [6, 6.07) is 7.56. The van der Waals surface area contributed by atoms with Gasteiger partial charge in [-0.25, -0.2) is 0 Å². The molecule has 4 heteroatoms. The van der Waals surface area contributed by atoms with Crippen molar-refractivity contribution in [3.63, 3.8) is 0 Å². The average molecular weight is 250 g/mol. The second kappa shape index (κ2) is 7.01. The first kappa shape index (κ1) is 14.5. The molecule has 0 saturated heterocycles. The summed E-state index contributed by atoms with van der Waals surface area (Å²) in [5.74, 6) is 0.400. The zero-order valence-electron chi connectivity index (χ0n) is 11.2. The van der Waals surface area contributed by atoms with Gasteiger partial charge in [-0.2, -0.15) is 0 Å². The smallest absolute Gasteiger partial charge is 0.239 e. The van der Waals surface area contributed by atoms with Crippen LogP contribution in [0.5, 0.6) is 0 Å². The van der Waals surface area contributed by atoms with Crippen LogP contribution in [0.1, 0.15) is 26.3 Å². The van der Waals surface area contributed by atoms with E-state index in [4.69, 9.17) is 5.11 Å². The third kappa shape index (κ3) is 4.75. The van der Waals surface area contributed by atoms with Crippen molar-refractivity contribution < 1.29 is 9.90 Å². The van der Waals surface area contributed by atoms with Gasteiger partial charge in [0.05, 0.1) is 13.2 Å². The number of hydrogen-bond donors (Lipinski definition) is 3. The van der Waals surface area contributed by atoms with Gasteiger partial charge in [0.1, 0.15) is 0 Å². The highest BCUT2D eigenvalue weighted by molar-refractivity contribution is 5.80. The molecule has 0 radical (unpaired) electrons. The number of carbonyl (C=O) groups is 1. The van der Waals surface area contributed by atoms with E-state index in [0.29, 0.717) is 5.92 Å². The highest BCUT2D eigenvalue weighted by Gasteiger charge is 2.10. The number of anilines is 1. The molecule has 0 aliphatic carbocycles. The molecular formula is C14H22N2O2. The van der Waals surface area contributed by atoms with Gasteiger partial charge in [-0.3, -0.25) is 4.79 Å². The quantitative estimate of drug-likeness (QED) is 0.721. The fraction of sp³-hybridized carbons (Fsp3) is 0.500. The molecule has 18 heavy (non-hydrogen) atoms. The second-order valence-corrected chi connectivity index (χ2v) is 4.81. The Bertz CT molecular complexity index is 391. The maximum atomic E-state index is 11.7. The van der Waals surface area contributed by atoms with Crippen LogP contribution in [0.3, 0.4) is 0 Å². The van der Waals surface area contributed by atoms with Gasteiger partial charge in [0.2, 0.25) is 5.91 Å². The van der Waals surface area contributed by atoms with Crippen LogP contribution < -0.4 is 10.6 Å². The first-order chi connectivity index (χ1) is 8.52. The summed E-state index contributed by atoms with van der Waals surface area (Å²) < 4.78 is 0. The lowest BCUT2D eigenvalue weighted by Crippen LogP contribution is -2.39. The molecule has 1 unspecified atom stereocenters. The van der Waals surface area contributed by atoms with Crippen LogP contribution in [0, 0.1) is 5.92 Å². The molecule has 1 rings (SSSR count). The van der Waals surface area contributed by atoms with Crippen molar-refractivity contribution in [1.29, 1.82) is 0 Å². The topological polar surface area (TPSA) is 61.4 Å². The molecule has 1 atom stereocenters. The van der Waals surface area contributed by atoms with Crippen LogP contribution in [-0.2, 0) is 11.4 Å². The molecule has 1 aromatic carbocycles. The van der Waals surface area contributed by atoms with Crippen molar-refractivity contribution in [1.82, 2.24) is 5.32 Å². The highest BCUT2D eigenvalue weighted by Crippen LogP contribution is 2.10. The molecule has 4 nitrogen and oxygen atoms in total. The SMILES string of the molecule is CC(C)C(C)NC(=O)CNc1cccc(CO)c1. The Morgan fingerprint density at radius 1 is 1.33 bits per heavy atom. The number of rotatable bonds is 6. The fourth-order valence-corrected chi connectivity index (χ4v) is 1.43. The van der Waals surface area contributed by atoms with Crippen molar-refractivity contribution >= 4 is 11.6 Å². The first-order valence-corrected chi connectivity index (χ1v) is 6.26. The molecular weight excluding hydrogens is 228 g/mol. The van der Waals surface area contributed by atoms with Crippen LogP contribution in [-0.4, -0.2) is 23.6 Å².